The summed E-state index contributed by atoms with van der Waals surface area (Å²) in [5.41, 5.74) is 4.04. The summed E-state index contributed by atoms with van der Waals surface area (Å²) in [6.07, 6.45) is 1.75. The second-order valence-corrected chi connectivity index (χ2v) is 2.70. The first-order chi connectivity index (χ1) is 5.29. The maximum atomic E-state index is 3.87. The van der Waals surface area contributed by atoms with Gasteiger partial charge in [-0.1, -0.05) is 18.2 Å². The summed E-state index contributed by atoms with van der Waals surface area (Å²) in [4.78, 5) is 0. The van der Waals surface area contributed by atoms with Gasteiger partial charge in [0.2, 0.25) is 0 Å². The summed E-state index contributed by atoms with van der Waals surface area (Å²) in [6, 6.07) is 6.33. The molecule has 0 heteroatoms. The van der Waals surface area contributed by atoms with Gasteiger partial charge in [-0.15, -0.1) is 0 Å². The quantitative estimate of drug-likeness (QED) is 0.563. The molecule has 0 nitrogen and oxygen atoms in total. The Kier molecular flexibility index (Phi) is 2.48. The molecule has 0 N–H and O–H groups in total. The highest BCUT2D eigenvalue weighted by Gasteiger charge is 2.03. The highest BCUT2D eigenvalue weighted by atomic mass is 14.0. The molecule has 0 bridgehead atoms. The van der Waals surface area contributed by atoms with Crippen molar-refractivity contribution in [2.45, 2.75) is 19.8 Å². The Hall–Kier alpha value is -1.04. The molecule has 0 saturated carbocycles. The average Bonchev–Trinajstić information content (AvgIpc) is 2.05. The van der Waals surface area contributed by atoms with Crippen LogP contribution in [0.3, 0.4) is 0 Å². The summed E-state index contributed by atoms with van der Waals surface area (Å²) in [5, 5.41) is 0. The average molecular weight is 146 g/mol. The van der Waals surface area contributed by atoms with Crippen molar-refractivity contribution in [1.82, 2.24) is 0 Å². The number of benzene rings is 1. The standard InChI is InChI=1S/C11H14/c1-4-10-7-6-8-11(5-2)9(10)3/h6-8H,1-2,4-5H2,3H3/q+2. The summed E-state index contributed by atoms with van der Waals surface area (Å²) < 4.78 is 0. The van der Waals surface area contributed by atoms with Crippen molar-refractivity contribution >= 4 is 0 Å². The van der Waals surface area contributed by atoms with E-state index in [1.54, 1.807) is 0 Å². The van der Waals surface area contributed by atoms with Crippen molar-refractivity contribution in [2.75, 3.05) is 0 Å². The Morgan fingerprint density at radius 1 is 1.09 bits per heavy atom. The minimum absolute atomic E-state index is 0.875. The van der Waals surface area contributed by atoms with E-state index in [-0.39, 0.29) is 0 Å². The highest BCUT2D eigenvalue weighted by molar-refractivity contribution is 5.34. The van der Waals surface area contributed by atoms with Crippen molar-refractivity contribution in [1.29, 1.82) is 0 Å². The van der Waals surface area contributed by atoms with Crippen molar-refractivity contribution in [3.8, 4) is 0 Å². The van der Waals surface area contributed by atoms with Gasteiger partial charge in [-0.25, -0.2) is 0 Å². The largest absolute Gasteiger partial charge is 0.110 e. The molecule has 0 amide bonds. The van der Waals surface area contributed by atoms with Crippen LogP contribution in [0.1, 0.15) is 16.7 Å². The van der Waals surface area contributed by atoms with Crippen LogP contribution in [0.4, 0.5) is 0 Å². The van der Waals surface area contributed by atoms with E-state index in [2.05, 4.69) is 39.0 Å². The first-order valence-corrected chi connectivity index (χ1v) is 3.95. The number of rotatable bonds is 2. The molecule has 0 aliphatic heterocycles. The van der Waals surface area contributed by atoms with Gasteiger partial charge in [0, 0.05) is 0 Å². The van der Waals surface area contributed by atoms with Gasteiger partial charge in [0.05, 0.1) is 13.8 Å². The predicted molar refractivity (Wildman–Crippen MR) is 49.3 cm³/mol. The molecule has 0 atom stereocenters. The molecule has 0 unspecified atom stereocenters. The third-order valence-electron chi connectivity index (χ3n) is 2.10. The minimum atomic E-state index is 0.875. The molecule has 0 saturated heterocycles. The lowest BCUT2D eigenvalue weighted by molar-refractivity contribution is 1.14. The van der Waals surface area contributed by atoms with E-state index in [1.807, 2.05) is 0 Å². The van der Waals surface area contributed by atoms with Gasteiger partial charge in [-0.2, -0.15) is 0 Å². The fourth-order valence-electron chi connectivity index (χ4n) is 1.28. The molecule has 1 aromatic rings. The predicted octanol–water partition coefficient (Wildman–Crippen LogP) is 2.75. The Labute approximate surface area is 69.3 Å². The highest BCUT2D eigenvalue weighted by Crippen LogP contribution is 2.14. The zero-order valence-corrected chi connectivity index (χ0v) is 7.06. The molecule has 56 valence electrons. The van der Waals surface area contributed by atoms with Gasteiger partial charge in [0.25, 0.3) is 0 Å². The van der Waals surface area contributed by atoms with E-state index < -0.39 is 0 Å². The fourth-order valence-corrected chi connectivity index (χ4v) is 1.28. The van der Waals surface area contributed by atoms with E-state index in [0.29, 0.717) is 0 Å². The van der Waals surface area contributed by atoms with Crippen LogP contribution in [0.2, 0.25) is 0 Å². The van der Waals surface area contributed by atoms with Crippen LogP contribution >= 0.6 is 0 Å². The lowest BCUT2D eigenvalue weighted by atomic mass is 9.99. The Balaban J connectivity index is 3.10. The molecule has 0 aliphatic carbocycles. The first-order valence-electron chi connectivity index (χ1n) is 3.95. The van der Waals surface area contributed by atoms with E-state index in [9.17, 15) is 0 Å². The molecule has 0 aromatic heterocycles. The molecule has 11 heavy (non-hydrogen) atoms. The van der Waals surface area contributed by atoms with E-state index in [0.717, 1.165) is 12.8 Å². The van der Waals surface area contributed by atoms with Crippen molar-refractivity contribution < 1.29 is 0 Å². The second-order valence-electron chi connectivity index (χ2n) is 2.70. The molecule has 1 rings (SSSR count). The van der Waals surface area contributed by atoms with Crippen molar-refractivity contribution in [2.24, 2.45) is 0 Å². The van der Waals surface area contributed by atoms with Crippen LogP contribution in [-0.4, -0.2) is 0 Å². The fraction of sp³-hybridized carbons (Fsp3) is 0.273. The van der Waals surface area contributed by atoms with Crippen LogP contribution in [0, 0.1) is 20.8 Å². The van der Waals surface area contributed by atoms with Gasteiger partial charge in [0.1, 0.15) is 12.8 Å². The summed E-state index contributed by atoms with van der Waals surface area (Å²) in [5.74, 6) is 0. The maximum absolute atomic E-state index is 3.87. The monoisotopic (exact) mass is 146 g/mol. The van der Waals surface area contributed by atoms with Crippen molar-refractivity contribution in [3.05, 3.63) is 48.7 Å². The van der Waals surface area contributed by atoms with Crippen LogP contribution < -0.4 is 0 Å². The van der Waals surface area contributed by atoms with Crippen LogP contribution in [0.15, 0.2) is 18.2 Å². The third-order valence-corrected chi connectivity index (χ3v) is 2.10. The van der Waals surface area contributed by atoms with Gasteiger partial charge in [-0.05, 0) is 23.6 Å². The Morgan fingerprint density at radius 2 is 1.55 bits per heavy atom. The summed E-state index contributed by atoms with van der Waals surface area (Å²) >= 11 is 0. The van der Waals surface area contributed by atoms with Gasteiger partial charge < -0.3 is 0 Å². The smallest absolute Gasteiger partial charge is 0.0614 e. The zero-order chi connectivity index (χ0) is 8.27. The number of hydrogen-bond donors (Lipinski definition) is 0. The molecule has 1 aromatic carbocycles. The lowest BCUT2D eigenvalue weighted by Gasteiger charge is -2.02. The molecule has 0 aliphatic rings. The molecular formula is C11H14+2. The van der Waals surface area contributed by atoms with Crippen LogP contribution in [0.25, 0.3) is 0 Å². The lowest BCUT2D eigenvalue weighted by Crippen LogP contribution is -1.92. The first kappa shape index (κ1) is 8.06. The molecule has 0 fully saturated rings. The second kappa shape index (κ2) is 3.38. The van der Waals surface area contributed by atoms with E-state index in [4.69, 9.17) is 0 Å². The van der Waals surface area contributed by atoms with Gasteiger partial charge >= 0.3 is 0 Å². The normalized spacial score (nSPS) is 9.91. The Morgan fingerprint density at radius 3 is 1.91 bits per heavy atom. The molecule has 0 heterocycles. The van der Waals surface area contributed by atoms with Gasteiger partial charge in [-0.3, -0.25) is 0 Å². The third kappa shape index (κ3) is 1.51. The summed E-state index contributed by atoms with van der Waals surface area (Å²) in [6.45, 7) is 9.88. The van der Waals surface area contributed by atoms with E-state index in [1.165, 1.54) is 16.7 Å². The van der Waals surface area contributed by atoms with E-state index >= 15 is 0 Å². The molecule has 0 spiro atoms. The Bertz CT molecular complexity index is 214. The van der Waals surface area contributed by atoms with Gasteiger partial charge in [0.15, 0.2) is 0 Å². The van der Waals surface area contributed by atoms with Crippen molar-refractivity contribution in [3.63, 3.8) is 0 Å². The molecular weight excluding hydrogens is 132 g/mol. The SMILES string of the molecule is [CH2+]Cc1cccc(C[CH2+])c1C. The maximum Gasteiger partial charge on any atom is 0.110 e. The minimum Gasteiger partial charge on any atom is -0.0614 e. The number of hydrogen-bond acceptors (Lipinski definition) is 0. The van der Waals surface area contributed by atoms with Crippen LogP contribution in [0.5, 0.6) is 0 Å². The summed E-state index contributed by atoms with van der Waals surface area (Å²) in [7, 11) is 0. The zero-order valence-electron chi connectivity index (χ0n) is 7.06. The topological polar surface area (TPSA) is 0 Å². The molecule has 0 radical (unpaired) electrons. The van der Waals surface area contributed by atoms with Crippen LogP contribution in [-0.2, 0) is 12.8 Å².